The fraction of sp³-hybridized carbons (Fsp3) is 0.259. The van der Waals surface area contributed by atoms with Crippen LogP contribution in [0.5, 0.6) is 0 Å². The van der Waals surface area contributed by atoms with E-state index >= 15 is 0 Å². The summed E-state index contributed by atoms with van der Waals surface area (Å²) in [4.78, 5) is 28.7. The van der Waals surface area contributed by atoms with Gasteiger partial charge in [0.05, 0.1) is 0 Å². The zero-order valence-corrected chi connectivity index (χ0v) is 18.5. The molecule has 0 fully saturated rings. The number of nitrogens with one attached hydrogen (secondary N) is 1. The molecule has 0 saturated carbocycles. The van der Waals surface area contributed by atoms with E-state index < -0.39 is 11.1 Å². The highest BCUT2D eigenvalue weighted by Gasteiger charge is 2.51. The average molecular weight is 413 g/mol. The fourth-order valence-corrected chi connectivity index (χ4v) is 4.25. The molecule has 4 rings (SSSR count). The van der Waals surface area contributed by atoms with Crippen molar-refractivity contribution < 1.29 is 9.59 Å². The van der Waals surface area contributed by atoms with Crippen LogP contribution in [-0.4, -0.2) is 22.3 Å². The van der Waals surface area contributed by atoms with E-state index in [4.69, 9.17) is 0 Å². The van der Waals surface area contributed by atoms with Gasteiger partial charge in [-0.15, -0.1) is 0 Å². The minimum Gasteiger partial charge on any atom is -0.349 e. The van der Waals surface area contributed by atoms with E-state index in [-0.39, 0.29) is 11.8 Å². The van der Waals surface area contributed by atoms with E-state index in [1.165, 1.54) is 0 Å². The Labute approximate surface area is 183 Å². The van der Waals surface area contributed by atoms with Gasteiger partial charge in [0.1, 0.15) is 5.54 Å². The van der Waals surface area contributed by atoms with Crippen LogP contribution in [0.2, 0.25) is 0 Å². The van der Waals surface area contributed by atoms with Crippen molar-refractivity contribution in [1.29, 1.82) is 0 Å². The first kappa shape index (κ1) is 20.9. The third kappa shape index (κ3) is 3.74. The number of carbonyl (C=O) groups is 2. The average Bonchev–Trinajstić information content (AvgIpc) is 2.97. The van der Waals surface area contributed by atoms with Crippen LogP contribution in [0.15, 0.2) is 78.9 Å². The Hall–Kier alpha value is -3.40. The Kier molecular flexibility index (Phi) is 5.18. The number of rotatable bonds is 4. The summed E-state index contributed by atoms with van der Waals surface area (Å²) < 4.78 is 0. The zero-order valence-electron chi connectivity index (χ0n) is 18.5. The second-order valence-corrected chi connectivity index (χ2v) is 9.24. The maximum atomic E-state index is 13.5. The van der Waals surface area contributed by atoms with Crippen molar-refractivity contribution in [1.82, 2.24) is 10.2 Å². The molecule has 1 unspecified atom stereocenters. The number of benzene rings is 3. The molecule has 4 heteroatoms. The topological polar surface area (TPSA) is 49.4 Å². The largest absolute Gasteiger partial charge is 0.349 e. The lowest BCUT2D eigenvalue weighted by atomic mass is 9.89. The highest BCUT2D eigenvalue weighted by atomic mass is 16.2. The molecule has 0 spiro atoms. The Morgan fingerprint density at radius 1 is 0.871 bits per heavy atom. The van der Waals surface area contributed by atoms with E-state index in [0.717, 1.165) is 22.3 Å². The van der Waals surface area contributed by atoms with E-state index in [1.54, 1.807) is 4.90 Å². The highest BCUT2D eigenvalue weighted by molar-refractivity contribution is 6.06. The predicted molar refractivity (Wildman–Crippen MR) is 123 cm³/mol. The Balaban J connectivity index is 1.79. The van der Waals surface area contributed by atoms with Gasteiger partial charge in [-0.2, -0.15) is 0 Å². The van der Waals surface area contributed by atoms with Crippen molar-refractivity contribution in [2.45, 2.75) is 45.3 Å². The van der Waals surface area contributed by atoms with Crippen molar-refractivity contribution in [3.8, 4) is 11.1 Å². The molecule has 0 radical (unpaired) electrons. The summed E-state index contributed by atoms with van der Waals surface area (Å²) in [5.41, 5.74) is 2.99. The first-order valence-corrected chi connectivity index (χ1v) is 10.6. The molecular weight excluding hydrogens is 384 g/mol. The van der Waals surface area contributed by atoms with E-state index in [9.17, 15) is 9.59 Å². The summed E-state index contributed by atoms with van der Waals surface area (Å²) in [6.45, 7) is 8.04. The second-order valence-electron chi connectivity index (χ2n) is 9.24. The predicted octanol–water partition coefficient (Wildman–Crippen LogP) is 5.14. The van der Waals surface area contributed by atoms with Crippen LogP contribution in [-0.2, 0) is 16.9 Å². The van der Waals surface area contributed by atoms with Crippen LogP contribution < -0.4 is 5.32 Å². The molecule has 2 amide bonds. The third-order valence-corrected chi connectivity index (χ3v) is 5.83. The molecule has 31 heavy (non-hydrogen) atoms. The third-order valence-electron chi connectivity index (χ3n) is 5.83. The monoisotopic (exact) mass is 412 g/mol. The highest BCUT2D eigenvalue weighted by Crippen LogP contribution is 2.41. The van der Waals surface area contributed by atoms with Crippen LogP contribution in [0.3, 0.4) is 0 Å². The summed E-state index contributed by atoms with van der Waals surface area (Å²) in [5, 5.41) is 3.09. The number of carbonyl (C=O) groups excluding carboxylic acids is 2. The van der Waals surface area contributed by atoms with Gasteiger partial charge in [-0.25, -0.2) is 0 Å². The number of amides is 2. The molecule has 0 bridgehead atoms. The summed E-state index contributed by atoms with van der Waals surface area (Å²) in [5.74, 6) is -0.291. The standard InChI is InChI=1S/C27H28N2O2/c1-26(2,3)28-25(31)27(4)23-17-11-10-16-22(23)24(30)29(27)18-20-14-8-9-15-21(20)19-12-6-5-7-13-19/h5-17H,18H2,1-4H3,(H,28,31). The lowest BCUT2D eigenvalue weighted by Gasteiger charge is -2.37. The van der Waals surface area contributed by atoms with Gasteiger partial charge in [0.15, 0.2) is 0 Å². The van der Waals surface area contributed by atoms with Crippen molar-refractivity contribution >= 4 is 11.8 Å². The summed E-state index contributed by atoms with van der Waals surface area (Å²) >= 11 is 0. The smallest absolute Gasteiger partial charge is 0.255 e. The van der Waals surface area contributed by atoms with Crippen LogP contribution in [0.1, 0.15) is 49.2 Å². The molecule has 0 aliphatic carbocycles. The molecule has 0 aromatic heterocycles. The van der Waals surface area contributed by atoms with Crippen molar-refractivity contribution in [3.05, 3.63) is 95.6 Å². The van der Waals surface area contributed by atoms with Gasteiger partial charge >= 0.3 is 0 Å². The van der Waals surface area contributed by atoms with Crippen LogP contribution in [0.4, 0.5) is 0 Å². The Morgan fingerprint density at radius 2 is 1.45 bits per heavy atom. The second kappa shape index (κ2) is 7.69. The molecule has 1 aliphatic rings. The minimum atomic E-state index is -1.09. The maximum Gasteiger partial charge on any atom is 0.255 e. The molecular formula is C27H28N2O2. The lowest BCUT2D eigenvalue weighted by Crippen LogP contribution is -2.56. The summed E-state index contributed by atoms with van der Waals surface area (Å²) in [6, 6.07) is 25.6. The minimum absolute atomic E-state index is 0.120. The molecule has 158 valence electrons. The Morgan fingerprint density at radius 3 is 2.13 bits per heavy atom. The molecule has 1 heterocycles. The number of fused-ring (bicyclic) bond motifs is 1. The molecule has 3 aromatic carbocycles. The first-order valence-electron chi connectivity index (χ1n) is 10.6. The molecule has 1 aliphatic heterocycles. The quantitative estimate of drug-likeness (QED) is 0.645. The fourth-order valence-electron chi connectivity index (χ4n) is 4.25. The van der Waals surface area contributed by atoms with Crippen molar-refractivity contribution in [2.24, 2.45) is 0 Å². The van der Waals surface area contributed by atoms with Gasteiger partial charge in [-0.3, -0.25) is 9.59 Å². The van der Waals surface area contributed by atoms with Gasteiger partial charge < -0.3 is 10.2 Å². The Bertz CT molecular complexity index is 1130. The van der Waals surface area contributed by atoms with Gasteiger partial charge in [-0.05, 0) is 56.0 Å². The van der Waals surface area contributed by atoms with E-state index in [0.29, 0.717) is 12.1 Å². The zero-order chi connectivity index (χ0) is 22.2. The van der Waals surface area contributed by atoms with Crippen LogP contribution in [0, 0.1) is 0 Å². The molecule has 4 nitrogen and oxygen atoms in total. The van der Waals surface area contributed by atoms with Gasteiger partial charge in [-0.1, -0.05) is 72.8 Å². The number of hydrogen-bond acceptors (Lipinski definition) is 2. The van der Waals surface area contributed by atoms with Crippen molar-refractivity contribution in [3.63, 3.8) is 0 Å². The first-order chi connectivity index (χ1) is 14.7. The van der Waals surface area contributed by atoms with Gasteiger partial charge in [0.2, 0.25) is 0 Å². The SMILES string of the molecule is CC(C)(C)NC(=O)C1(C)c2ccccc2C(=O)N1Cc1ccccc1-c1ccccc1. The van der Waals surface area contributed by atoms with Crippen LogP contribution >= 0.6 is 0 Å². The summed E-state index contributed by atoms with van der Waals surface area (Å²) in [7, 11) is 0. The molecule has 3 aromatic rings. The molecule has 1 N–H and O–H groups in total. The van der Waals surface area contributed by atoms with Gasteiger partial charge in [0.25, 0.3) is 11.8 Å². The summed E-state index contributed by atoms with van der Waals surface area (Å²) in [6.07, 6.45) is 0. The lowest BCUT2D eigenvalue weighted by molar-refractivity contribution is -0.133. The number of hydrogen-bond donors (Lipinski definition) is 1. The maximum absolute atomic E-state index is 13.5. The van der Waals surface area contributed by atoms with E-state index in [1.807, 2.05) is 88.4 Å². The van der Waals surface area contributed by atoms with Gasteiger partial charge in [0, 0.05) is 17.6 Å². The van der Waals surface area contributed by atoms with E-state index in [2.05, 4.69) is 23.5 Å². The van der Waals surface area contributed by atoms with Crippen molar-refractivity contribution in [2.75, 3.05) is 0 Å². The van der Waals surface area contributed by atoms with Crippen LogP contribution in [0.25, 0.3) is 11.1 Å². The molecule has 1 atom stereocenters. The molecule has 0 saturated heterocycles. The number of nitrogens with zero attached hydrogens (tertiary/aromatic N) is 1. The normalized spacial score (nSPS) is 18.1.